The molecule has 0 fully saturated rings. The molecule has 0 bridgehead atoms. The van der Waals surface area contributed by atoms with Gasteiger partial charge in [-0.25, -0.2) is 0 Å². The van der Waals surface area contributed by atoms with E-state index < -0.39 is 0 Å². The number of aliphatic hydroxyl groups is 1. The van der Waals surface area contributed by atoms with E-state index in [4.69, 9.17) is 9.47 Å². The van der Waals surface area contributed by atoms with Crippen LogP contribution in [0, 0.1) is 0 Å². The lowest BCUT2D eigenvalue weighted by molar-refractivity contribution is 0.174. The van der Waals surface area contributed by atoms with Gasteiger partial charge in [0.15, 0.2) is 11.5 Å². The van der Waals surface area contributed by atoms with Crippen molar-refractivity contribution in [3.8, 4) is 17.2 Å². The van der Waals surface area contributed by atoms with Gasteiger partial charge in [0, 0.05) is 17.8 Å². The molecule has 0 aromatic heterocycles. The number of fused-ring (bicyclic) bond motifs is 1. The van der Waals surface area contributed by atoms with E-state index >= 15 is 0 Å². The highest BCUT2D eigenvalue weighted by Crippen LogP contribution is 2.37. The fourth-order valence-corrected chi connectivity index (χ4v) is 2.13. The Bertz CT molecular complexity index is 655. The molecule has 108 valence electrons. The van der Waals surface area contributed by atoms with Crippen molar-refractivity contribution in [1.82, 2.24) is 0 Å². The molecule has 3 rings (SSSR count). The molecule has 1 aliphatic rings. The molecule has 5 heteroatoms. The highest BCUT2D eigenvalue weighted by atomic mass is 16.7. The average Bonchev–Trinajstić information content (AvgIpc) is 2.96. The van der Waals surface area contributed by atoms with Crippen LogP contribution in [0.5, 0.6) is 17.2 Å². The third-order valence-electron chi connectivity index (χ3n) is 3.27. The lowest BCUT2D eigenvalue weighted by atomic mass is 10.1. The molecule has 0 aliphatic carbocycles. The average molecular weight is 285 g/mol. The molecule has 0 spiro atoms. The fraction of sp³-hybridized carbons (Fsp3) is 0.188. The molecule has 0 radical (unpaired) electrons. The maximum Gasteiger partial charge on any atom is 0.231 e. The number of rotatable bonds is 4. The quantitative estimate of drug-likeness (QED) is 0.845. The molecule has 0 saturated carbocycles. The molecule has 2 aromatic carbocycles. The Balaban J connectivity index is 1.85. The largest absolute Gasteiger partial charge is 0.507 e. The van der Waals surface area contributed by atoms with Crippen LogP contribution in [0.1, 0.15) is 17.2 Å². The first kappa shape index (κ1) is 13.5. The third kappa shape index (κ3) is 2.83. The topological polar surface area (TPSA) is 71.3 Å². The first-order valence-electron chi connectivity index (χ1n) is 6.59. The standard InChI is InChI=1S/C16H15NO4/c18-9-13(11-4-2-1-3-5-11)17-8-12-6-15-16(7-14(12)19)21-10-20-15/h1-8,13,18-19H,9-10H2. The highest BCUT2D eigenvalue weighted by molar-refractivity contribution is 5.85. The van der Waals surface area contributed by atoms with Crippen molar-refractivity contribution in [1.29, 1.82) is 0 Å². The van der Waals surface area contributed by atoms with E-state index in [1.165, 1.54) is 12.3 Å². The summed E-state index contributed by atoms with van der Waals surface area (Å²) in [5.41, 5.74) is 1.44. The number of ether oxygens (including phenoxy) is 2. The number of benzene rings is 2. The van der Waals surface area contributed by atoms with Crippen LogP contribution in [0.2, 0.25) is 0 Å². The lowest BCUT2D eigenvalue weighted by Crippen LogP contribution is -2.01. The molecule has 0 amide bonds. The number of aromatic hydroxyl groups is 1. The van der Waals surface area contributed by atoms with E-state index in [0.29, 0.717) is 17.1 Å². The summed E-state index contributed by atoms with van der Waals surface area (Å²) in [7, 11) is 0. The molecule has 2 N–H and O–H groups in total. The number of aliphatic imine (C=N–C) groups is 1. The van der Waals surface area contributed by atoms with E-state index in [-0.39, 0.29) is 25.2 Å². The summed E-state index contributed by atoms with van der Waals surface area (Å²) in [5.74, 6) is 1.16. The Labute approximate surface area is 122 Å². The van der Waals surface area contributed by atoms with Crippen LogP contribution in [0.25, 0.3) is 0 Å². The van der Waals surface area contributed by atoms with Gasteiger partial charge < -0.3 is 19.7 Å². The lowest BCUT2D eigenvalue weighted by Gasteiger charge is -2.09. The summed E-state index contributed by atoms with van der Waals surface area (Å²) < 4.78 is 10.5. The molecule has 1 unspecified atom stereocenters. The first-order chi connectivity index (χ1) is 10.3. The van der Waals surface area contributed by atoms with Gasteiger partial charge in [-0.3, -0.25) is 4.99 Å². The van der Waals surface area contributed by atoms with Crippen LogP contribution in [-0.4, -0.2) is 29.8 Å². The zero-order chi connectivity index (χ0) is 14.7. The van der Waals surface area contributed by atoms with Gasteiger partial charge in [-0.05, 0) is 11.6 Å². The van der Waals surface area contributed by atoms with Gasteiger partial charge in [-0.2, -0.15) is 0 Å². The van der Waals surface area contributed by atoms with Crippen molar-refractivity contribution < 1.29 is 19.7 Å². The van der Waals surface area contributed by atoms with E-state index in [0.717, 1.165) is 5.56 Å². The van der Waals surface area contributed by atoms with Crippen molar-refractivity contribution in [3.05, 3.63) is 53.6 Å². The van der Waals surface area contributed by atoms with E-state index in [9.17, 15) is 10.2 Å². The van der Waals surface area contributed by atoms with Gasteiger partial charge >= 0.3 is 0 Å². The number of hydrogen-bond acceptors (Lipinski definition) is 5. The Morgan fingerprint density at radius 3 is 2.57 bits per heavy atom. The molecule has 2 aromatic rings. The zero-order valence-electron chi connectivity index (χ0n) is 11.3. The second-order valence-electron chi connectivity index (χ2n) is 4.65. The fourth-order valence-electron chi connectivity index (χ4n) is 2.13. The molecule has 1 aliphatic heterocycles. The molecule has 21 heavy (non-hydrogen) atoms. The summed E-state index contributed by atoms with van der Waals surface area (Å²) in [4.78, 5) is 4.34. The Morgan fingerprint density at radius 1 is 1.14 bits per heavy atom. The van der Waals surface area contributed by atoms with Crippen molar-refractivity contribution in [2.24, 2.45) is 4.99 Å². The summed E-state index contributed by atoms with van der Waals surface area (Å²) >= 11 is 0. The number of phenols is 1. The van der Waals surface area contributed by atoms with Crippen LogP contribution in [0.4, 0.5) is 0 Å². The Hall–Kier alpha value is -2.53. The minimum atomic E-state index is -0.365. The summed E-state index contributed by atoms with van der Waals surface area (Å²) in [6.07, 6.45) is 1.53. The maximum atomic E-state index is 9.94. The van der Waals surface area contributed by atoms with E-state index in [1.807, 2.05) is 30.3 Å². The van der Waals surface area contributed by atoms with Crippen LogP contribution >= 0.6 is 0 Å². The van der Waals surface area contributed by atoms with E-state index in [2.05, 4.69) is 4.99 Å². The SMILES string of the molecule is OCC(N=Cc1cc2c(cc1O)OCO2)c1ccccc1. The molecule has 0 saturated heterocycles. The van der Waals surface area contributed by atoms with Crippen molar-refractivity contribution >= 4 is 6.21 Å². The maximum absolute atomic E-state index is 9.94. The predicted molar refractivity (Wildman–Crippen MR) is 78.1 cm³/mol. The van der Waals surface area contributed by atoms with Crippen LogP contribution < -0.4 is 9.47 Å². The van der Waals surface area contributed by atoms with Crippen LogP contribution in [0.15, 0.2) is 47.5 Å². The Morgan fingerprint density at radius 2 is 1.86 bits per heavy atom. The van der Waals surface area contributed by atoms with Gasteiger partial charge in [-0.1, -0.05) is 30.3 Å². The minimum Gasteiger partial charge on any atom is -0.507 e. The second-order valence-corrected chi connectivity index (χ2v) is 4.65. The monoisotopic (exact) mass is 285 g/mol. The number of aliphatic hydroxyl groups excluding tert-OH is 1. The Kier molecular flexibility index (Phi) is 3.75. The van der Waals surface area contributed by atoms with Crippen molar-refractivity contribution in [2.45, 2.75) is 6.04 Å². The minimum absolute atomic E-state index is 0.0627. The van der Waals surface area contributed by atoms with Crippen LogP contribution in [-0.2, 0) is 0 Å². The second kappa shape index (κ2) is 5.85. The molecular formula is C16H15NO4. The first-order valence-corrected chi connectivity index (χ1v) is 6.59. The van der Waals surface area contributed by atoms with Gasteiger partial charge in [0.2, 0.25) is 6.79 Å². The zero-order valence-corrected chi connectivity index (χ0v) is 11.3. The number of phenolic OH excluding ortho intramolecular Hbond substituents is 1. The molecule has 5 nitrogen and oxygen atoms in total. The summed E-state index contributed by atoms with van der Waals surface area (Å²) in [6.45, 7) is 0.0461. The van der Waals surface area contributed by atoms with Gasteiger partial charge in [0.1, 0.15) is 5.75 Å². The third-order valence-corrected chi connectivity index (χ3v) is 3.27. The van der Waals surface area contributed by atoms with Gasteiger partial charge in [-0.15, -0.1) is 0 Å². The predicted octanol–water partition coefficient (Wildman–Crippen LogP) is 2.27. The molecule has 1 heterocycles. The van der Waals surface area contributed by atoms with Gasteiger partial charge in [0.05, 0.1) is 12.6 Å². The summed E-state index contributed by atoms with van der Waals surface area (Å²) in [6, 6.07) is 12.3. The smallest absolute Gasteiger partial charge is 0.231 e. The molecule has 1 atom stereocenters. The summed E-state index contributed by atoms with van der Waals surface area (Å²) in [5, 5.41) is 19.4. The van der Waals surface area contributed by atoms with Gasteiger partial charge in [0.25, 0.3) is 0 Å². The van der Waals surface area contributed by atoms with Crippen molar-refractivity contribution in [2.75, 3.05) is 13.4 Å². The van der Waals surface area contributed by atoms with Crippen LogP contribution in [0.3, 0.4) is 0 Å². The highest BCUT2D eigenvalue weighted by Gasteiger charge is 2.16. The molecular weight excluding hydrogens is 270 g/mol. The van der Waals surface area contributed by atoms with Crippen molar-refractivity contribution in [3.63, 3.8) is 0 Å². The van der Waals surface area contributed by atoms with E-state index in [1.54, 1.807) is 6.07 Å². The number of hydrogen-bond donors (Lipinski definition) is 2. The number of nitrogens with zero attached hydrogens (tertiary/aromatic N) is 1. The normalized spacial score (nSPS) is 14.5.